The Balaban J connectivity index is 2.30. The molecule has 0 aromatic heterocycles. The fraction of sp³-hybridized carbons (Fsp3) is 0.600. The highest BCUT2D eigenvalue weighted by Gasteiger charge is 2.02. The summed E-state index contributed by atoms with van der Waals surface area (Å²) in [5.41, 5.74) is 1.23. The third-order valence-corrected chi connectivity index (χ3v) is 2.93. The molecule has 1 rings (SSSR count). The zero-order valence-corrected chi connectivity index (χ0v) is 11.2. The van der Waals surface area contributed by atoms with Gasteiger partial charge in [-0.1, -0.05) is 26.0 Å². The maximum absolute atomic E-state index is 9.38. The van der Waals surface area contributed by atoms with Crippen molar-refractivity contribution in [3.05, 3.63) is 29.8 Å². The first-order chi connectivity index (χ1) is 8.26. The topological polar surface area (TPSA) is 23.5 Å². The van der Waals surface area contributed by atoms with Crippen molar-refractivity contribution in [2.75, 3.05) is 19.6 Å². The van der Waals surface area contributed by atoms with E-state index in [2.05, 4.69) is 24.8 Å². The molecule has 0 amide bonds. The standard InChI is InChI=1S/C15H25NO/c1-3-10-16(11-4-2)12-6-8-14-7-5-9-15(17)13-14/h5,7,9,13,17H,3-4,6,8,10-12H2,1-2H3. The minimum atomic E-state index is 0.376. The number of hydrogen-bond donors (Lipinski definition) is 1. The molecule has 2 heteroatoms. The van der Waals surface area contributed by atoms with Crippen LogP contribution in [0.15, 0.2) is 24.3 Å². The average Bonchev–Trinajstić information content (AvgIpc) is 2.30. The SMILES string of the molecule is CCCN(CCC)CCCc1cccc(O)c1. The Kier molecular flexibility index (Phi) is 6.71. The minimum Gasteiger partial charge on any atom is -0.508 e. The lowest BCUT2D eigenvalue weighted by Gasteiger charge is -2.20. The molecule has 17 heavy (non-hydrogen) atoms. The first kappa shape index (κ1) is 14.0. The Morgan fingerprint density at radius 2 is 1.76 bits per heavy atom. The van der Waals surface area contributed by atoms with Gasteiger partial charge in [-0.25, -0.2) is 0 Å². The molecule has 0 saturated carbocycles. The highest BCUT2D eigenvalue weighted by molar-refractivity contribution is 5.27. The van der Waals surface area contributed by atoms with E-state index in [1.165, 1.54) is 37.9 Å². The molecule has 0 fully saturated rings. The zero-order valence-electron chi connectivity index (χ0n) is 11.2. The normalized spacial score (nSPS) is 11.0. The summed E-state index contributed by atoms with van der Waals surface area (Å²) in [6, 6.07) is 7.60. The molecule has 2 nitrogen and oxygen atoms in total. The van der Waals surface area contributed by atoms with Gasteiger partial charge in [0, 0.05) is 0 Å². The van der Waals surface area contributed by atoms with Gasteiger partial charge in [-0.3, -0.25) is 0 Å². The molecule has 0 aliphatic rings. The highest BCUT2D eigenvalue weighted by atomic mass is 16.3. The van der Waals surface area contributed by atoms with E-state index in [4.69, 9.17) is 0 Å². The smallest absolute Gasteiger partial charge is 0.115 e. The predicted molar refractivity (Wildman–Crippen MR) is 73.4 cm³/mol. The van der Waals surface area contributed by atoms with Gasteiger partial charge in [0.1, 0.15) is 5.75 Å². The summed E-state index contributed by atoms with van der Waals surface area (Å²) < 4.78 is 0. The summed E-state index contributed by atoms with van der Waals surface area (Å²) in [6.45, 7) is 8.04. The van der Waals surface area contributed by atoms with Crippen molar-refractivity contribution >= 4 is 0 Å². The molecular formula is C15H25NO. The molecule has 1 N–H and O–H groups in total. The van der Waals surface area contributed by atoms with E-state index in [9.17, 15) is 5.11 Å². The Hall–Kier alpha value is -1.02. The number of phenolic OH excluding ortho intramolecular Hbond substituents is 1. The van der Waals surface area contributed by atoms with Crippen LogP contribution in [0.4, 0.5) is 0 Å². The van der Waals surface area contributed by atoms with Crippen molar-refractivity contribution in [2.24, 2.45) is 0 Å². The van der Waals surface area contributed by atoms with Crippen LogP contribution in [0, 0.1) is 0 Å². The van der Waals surface area contributed by atoms with E-state index in [1.54, 1.807) is 6.07 Å². The molecule has 0 radical (unpaired) electrons. The maximum Gasteiger partial charge on any atom is 0.115 e. The van der Waals surface area contributed by atoms with Crippen LogP contribution in [0.5, 0.6) is 5.75 Å². The number of phenols is 1. The van der Waals surface area contributed by atoms with E-state index < -0.39 is 0 Å². The van der Waals surface area contributed by atoms with Crippen LogP contribution in [-0.4, -0.2) is 29.6 Å². The molecule has 0 aliphatic carbocycles. The van der Waals surface area contributed by atoms with Gasteiger partial charge in [0.15, 0.2) is 0 Å². The van der Waals surface area contributed by atoms with Crippen LogP contribution in [0.25, 0.3) is 0 Å². The van der Waals surface area contributed by atoms with Crippen molar-refractivity contribution in [1.82, 2.24) is 4.90 Å². The summed E-state index contributed by atoms with van der Waals surface area (Å²) in [7, 11) is 0. The largest absolute Gasteiger partial charge is 0.508 e. The predicted octanol–water partition coefficient (Wildman–Crippen LogP) is 3.45. The summed E-state index contributed by atoms with van der Waals surface area (Å²) in [6.07, 6.45) is 4.68. The van der Waals surface area contributed by atoms with Crippen LogP contribution in [0.1, 0.15) is 38.7 Å². The second-order valence-corrected chi connectivity index (χ2v) is 4.62. The quantitative estimate of drug-likeness (QED) is 0.746. The van der Waals surface area contributed by atoms with Gasteiger partial charge in [0.25, 0.3) is 0 Å². The van der Waals surface area contributed by atoms with Gasteiger partial charge in [0.2, 0.25) is 0 Å². The van der Waals surface area contributed by atoms with Gasteiger partial charge in [-0.2, -0.15) is 0 Å². The molecule has 1 aromatic carbocycles. The third-order valence-electron chi connectivity index (χ3n) is 2.93. The molecular weight excluding hydrogens is 210 g/mol. The molecule has 0 unspecified atom stereocenters. The summed E-state index contributed by atoms with van der Waals surface area (Å²) in [5.74, 6) is 0.376. The third kappa shape index (κ3) is 5.73. The fourth-order valence-corrected chi connectivity index (χ4v) is 2.19. The van der Waals surface area contributed by atoms with Crippen LogP contribution in [0.3, 0.4) is 0 Å². The summed E-state index contributed by atoms with van der Waals surface area (Å²) in [5, 5.41) is 9.38. The number of hydrogen-bond acceptors (Lipinski definition) is 2. The molecule has 0 saturated heterocycles. The number of aryl methyl sites for hydroxylation is 1. The first-order valence-electron chi connectivity index (χ1n) is 6.76. The van der Waals surface area contributed by atoms with Crippen LogP contribution < -0.4 is 0 Å². The van der Waals surface area contributed by atoms with E-state index in [1.807, 2.05) is 12.1 Å². The molecule has 0 atom stereocenters. The van der Waals surface area contributed by atoms with E-state index in [0.717, 1.165) is 13.0 Å². The van der Waals surface area contributed by atoms with Crippen molar-refractivity contribution < 1.29 is 5.11 Å². The Labute approximate surface area is 105 Å². The maximum atomic E-state index is 9.38. The first-order valence-corrected chi connectivity index (χ1v) is 6.76. The Bertz CT molecular complexity index is 306. The lowest BCUT2D eigenvalue weighted by Crippen LogP contribution is -2.26. The highest BCUT2D eigenvalue weighted by Crippen LogP contribution is 2.12. The minimum absolute atomic E-state index is 0.376. The molecule has 96 valence electrons. The van der Waals surface area contributed by atoms with Crippen LogP contribution in [0.2, 0.25) is 0 Å². The lowest BCUT2D eigenvalue weighted by molar-refractivity contribution is 0.271. The second kappa shape index (κ2) is 8.13. The summed E-state index contributed by atoms with van der Waals surface area (Å²) >= 11 is 0. The average molecular weight is 235 g/mol. The molecule has 1 aromatic rings. The zero-order chi connectivity index (χ0) is 12.5. The van der Waals surface area contributed by atoms with Crippen molar-refractivity contribution in [3.8, 4) is 5.75 Å². The number of aromatic hydroxyl groups is 1. The van der Waals surface area contributed by atoms with Crippen LogP contribution >= 0.6 is 0 Å². The Morgan fingerprint density at radius 3 is 2.35 bits per heavy atom. The van der Waals surface area contributed by atoms with E-state index >= 15 is 0 Å². The Morgan fingerprint density at radius 1 is 1.06 bits per heavy atom. The monoisotopic (exact) mass is 235 g/mol. The van der Waals surface area contributed by atoms with E-state index in [0.29, 0.717) is 5.75 Å². The van der Waals surface area contributed by atoms with Crippen molar-refractivity contribution in [1.29, 1.82) is 0 Å². The second-order valence-electron chi connectivity index (χ2n) is 4.62. The van der Waals surface area contributed by atoms with Gasteiger partial charge in [-0.15, -0.1) is 0 Å². The molecule has 0 aliphatic heterocycles. The van der Waals surface area contributed by atoms with Crippen LogP contribution in [-0.2, 0) is 6.42 Å². The number of nitrogens with zero attached hydrogens (tertiary/aromatic N) is 1. The van der Waals surface area contributed by atoms with Crippen molar-refractivity contribution in [3.63, 3.8) is 0 Å². The lowest BCUT2D eigenvalue weighted by atomic mass is 10.1. The number of benzene rings is 1. The van der Waals surface area contributed by atoms with Crippen molar-refractivity contribution in [2.45, 2.75) is 39.5 Å². The number of rotatable bonds is 8. The summed E-state index contributed by atoms with van der Waals surface area (Å²) in [4.78, 5) is 2.53. The van der Waals surface area contributed by atoms with Gasteiger partial charge < -0.3 is 10.0 Å². The van der Waals surface area contributed by atoms with Gasteiger partial charge >= 0.3 is 0 Å². The fourth-order valence-electron chi connectivity index (χ4n) is 2.19. The van der Waals surface area contributed by atoms with Gasteiger partial charge in [-0.05, 0) is 63.0 Å². The van der Waals surface area contributed by atoms with Gasteiger partial charge in [0.05, 0.1) is 0 Å². The molecule has 0 heterocycles. The molecule has 0 bridgehead atoms. The van der Waals surface area contributed by atoms with E-state index in [-0.39, 0.29) is 0 Å². The molecule has 0 spiro atoms.